The summed E-state index contributed by atoms with van der Waals surface area (Å²) in [6, 6.07) is 29.4. The number of ether oxygens (including phenoxy) is 1. The van der Waals surface area contributed by atoms with E-state index in [0.29, 0.717) is 0 Å². The van der Waals surface area contributed by atoms with E-state index in [9.17, 15) is 0 Å². The SMILES string of the molecule is c1ccc(CCCNc2cccc(OCCCc3ccccc3)c2)cc1. The van der Waals surface area contributed by atoms with Gasteiger partial charge in [0.2, 0.25) is 0 Å². The van der Waals surface area contributed by atoms with Crippen LogP contribution in [0, 0.1) is 0 Å². The van der Waals surface area contributed by atoms with E-state index in [1.54, 1.807) is 0 Å². The molecule has 0 amide bonds. The second kappa shape index (κ2) is 10.3. The Balaban J connectivity index is 1.36. The molecule has 0 unspecified atom stereocenters. The summed E-state index contributed by atoms with van der Waals surface area (Å²) in [4.78, 5) is 0. The first-order valence-electron chi connectivity index (χ1n) is 9.45. The van der Waals surface area contributed by atoms with Crippen LogP contribution in [0.2, 0.25) is 0 Å². The van der Waals surface area contributed by atoms with Crippen molar-refractivity contribution in [3.05, 3.63) is 96.1 Å². The molecule has 0 aliphatic heterocycles. The average Bonchev–Trinajstić information content (AvgIpc) is 2.71. The molecule has 26 heavy (non-hydrogen) atoms. The molecule has 3 aromatic carbocycles. The van der Waals surface area contributed by atoms with E-state index in [4.69, 9.17) is 4.74 Å². The number of hydrogen-bond acceptors (Lipinski definition) is 2. The molecule has 0 fully saturated rings. The van der Waals surface area contributed by atoms with Crippen molar-refractivity contribution in [2.75, 3.05) is 18.5 Å². The molecule has 0 atom stereocenters. The van der Waals surface area contributed by atoms with Gasteiger partial charge in [-0.15, -0.1) is 0 Å². The molecular formula is C24H27NO. The third-order valence-corrected chi connectivity index (χ3v) is 4.37. The molecule has 0 saturated heterocycles. The van der Waals surface area contributed by atoms with Crippen LogP contribution in [0.4, 0.5) is 5.69 Å². The molecule has 0 aromatic heterocycles. The van der Waals surface area contributed by atoms with Gasteiger partial charge in [0.25, 0.3) is 0 Å². The Hall–Kier alpha value is -2.74. The molecule has 0 spiro atoms. The van der Waals surface area contributed by atoms with Crippen LogP contribution in [0.5, 0.6) is 5.75 Å². The van der Waals surface area contributed by atoms with E-state index in [1.165, 1.54) is 11.1 Å². The molecule has 0 aliphatic rings. The summed E-state index contributed by atoms with van der Waals surface area (Å²) in [5.41, 5.74) is 3.88. The van der Waals surface area contributed by atoms with Gasteiger partial charge in [0.05, 0.1) is 6.61 Å². The van der Waals surface area contributed by atoms with E-state index >= 15 is 0 Å². The summed E-state index contributed by atoms with van der Waals surface area (Å²) in [5.74, 6) is 0.936. The lowest BCUT2D eigenvalue weighted by Crippen LogP contribution is -2.04. The van der Waals surface area contributed by atoms with E-state index in [-0.39, 0.29) is 0 Å². The second-order valence-corrected chi connectivity index (χ2v) is 6.48. The highest BCUT2D eigenvalue weighted by molar-refractivity contribution is 5.48. The zero-order valence-electron chi connectivity index (χ0n) is 15.2. The van der Waals surface area contributed by atoms with Crippen molar-refractivity contribution in [2.45, 2.75) is 25.7 Å². The molecule has 0 heterocycles. The first kappa shape index (κ1) is 18.1. The Bertz CT molecular complexity index is 693. The van der Waals surface area contributed by atoms with Crippen LogP contribution in [-0.2, 0) is 12.8 Å². The minimum absolute atomic E-state index is 0.742. The summed E-state index contributed by atoms with van der Waals surface area (Å²) in [6.07, 6.45) is 4.30. The van der Waals surface area contributed by atoms with Gasteiger partial charge in [0, 0.05) is 18.3 Å². The smallest absolute Gasteiger partial charge is 0.121 e. The third kappa shape index (κ3) is 6.29. The lowest BCUT2D eigenvalue weighted by atomic mass is 10.1. The molecule has 3 aromatic rings. The fourth-order valence-corrected chi connectivity index (χ4v) is 2.98. The van der Waals surface area contributed by atoms with Crippen LogP contribution in [0.1, 0.15) is 24.0 Å². The number of rotatable bonds is 10. The van der Waals surface area contributed by atoms with Crippen molar-refractivity contribution in [1.82, 2.24) is 0 Å². The van der Waals surface area contributed by atoms with Gasteiger partial charge in [0.15, 0.2) is 0 Å². The first-order valence-corrected chi connectivity index (χ1v) is 9.45. The zero-order valence-corrected chi connectivity index (χ0v) is 15.2. The molecule has 1 N–H and O–H groups in total. The topological polar surface area (TPSA) is 21.3 Å². The first-order chi connectivity index (χ1) is 12.9. The van der Waals surface area contributed by atoms with Crippen LogP contribution in [-0.4, -0.2) is 13.2 Å². The average molecular weight is 345 g/mol. The lowest BCUT2D eigenvalue weighted by molar-refractivity contribution is 0.311. The largest absolute Gasteiger partial charge is 0.494 e. The fraction of sp³-hybridized carbons (Fsp3) is 0.250. The van der Waals surface area contributed by atoms with E-state index in [2.05, 4.69) is 78.1 Å². The van der Waals surface area contributed by atoms with E-state index < -0.39 is 0 Å². The number of nitrogens with one attached hydrogen (secondary N) is 1. The normalized spacial score (nSPS) is 10.5. The van der Waals surface area contributed by atoms with Gasteiger partial charge in [0.1, 0.15) is 5.75 Å². The summed E-state index contributed by atoms with van der Waals surface area (Å²) < 4.78 is 5.90. The van der Waals surface area contributed by atoms with Gasteiger partial charge < -0.3 is 10.1 Å². The zero-order chi connectivity index (χ0) is 17.9. The number of aryl methyl sites for hydroxylation is 2. The second-order valence-electron chi connectivity index (χ2n) is 6.48. The van der Waals surface area contributed by atoms with Crippen molar-refractivity contribution in [3.63, 3.8) is 0 Å². The molecule has 2 nitrogen and oxygen atoms in total. The summed E-state index contributed by atoms with van der Waals surface area (Å²) >= 11 is 0. The molecule has 0 radical (unpaired) electrons. The number of benzene rings is 3. The summed E-state index contributed by atoms with van der Waals surface area (Å²) in [6.45, 7) is 1.71. The van der Waals surface area contributed by atoms with E-state index in [1.807, 2.05) is 12.1 Å². The van der Waals surface area contributed by atoms with E-state index in [0.717, 1.165) is 50.3 Å². The van der Waals surface area contributed by atoms with Gasteiger partial charge in [-0.2, -0.15) is 0 Å². The highest BCUT2D eigenvalue weighted by Gasteiger charge is 1.98. The Kier molecular flexibility index (Phi) is 7.15. The molecule has 0 aliphatic carbocycles. The molecule has 134 valence electrons. The molecule has 0 saturated carbocycles. The van der Waals surface area contributed by atoms with Gasteiger partial charge >= 0.3 is 0 Å². The number of hydrogen-bond donors (Lipinski definition) is 1. The van der Waals surface area contributed by atoms with Crippen molar-refractivity contribution in [1.29, 1.82) is 0 Å². The predicted molar refractivity (Wildman–Crippen MR) is 110 cm³/mol. The maximum Gasteiger partial charge on any atom is 0.121 e. The minimum atomic E-state index is 0.742. The number of anilines is 1. The van der Waals surface area contributed by atoms with Crippen LogP contribution < -0.4 is 10.1 Å². The molecular weight excluding hydrogens is 318 g/mol. The fourth-order valence-electron chi connectivity index (χ4n) is 2.98. The molecule has 0 bridgehead atoms. The van der Waals surface area contributed by atoms with Gasteiger partial charge in [-0.1, -0.05) is 66.7 Å². The van der Waals surface area contributed by atoms with Crippen LogP contribution in [0.3, 0.4) is 0 Å². The standard InChI is InChI=1S/C24H27NO/c1-3-10-21(11-4-1)14-8-18-25-23-16-7-17-24(20-23)26-19-9-15-22-12-5-2-6-13-22/h1-7,10-13,16-17,20,25H,8-9,14-15,18-19H2. The maximum atomic E-state index is 5.90. The quantitative estimate of drug-likeness (QED) is 0.473. The van der Waals surface area contributed by atoms with Crippen LogP contribution in [0.15, 0.2) is 84.9 Å². The Labute approximate surface area is 156 Å². The Morgan fingerprint density at radius 1 is 0.654 bits per heavy atom. The lowest BCUT2D eigenvalue weighted by Gasteiger charge is -2.10. The monoisotopic (exact) mass is 345 g/mol. The van der Waals surface area contributed by atoms with Gasteiger partial charge in [-0.3, -0.25) is 0 Å². The Morgan fingerprint density at radius 2 is 1.31 bits per heavy atom. The van der Waals surface area contributed by atoms with Crippen molar-refractivity contribution in [3.8, 4) is 5.75 Å². The predicted octanol–water partition coefficient (Wildman–Crippen LogP) is 5.74. The highest BCUT2D eigenvalue weighted by atomic mass is 16.5. The molecule has 2 heteroatoms. The maximum absolute atomic E-state index is 5.90. The summed E-state index contributed by atoms with van der Waals surface area (Å²) in [7, 11) is 0. The van der Waals surface area contributed by atoms with Crippen molar-refractivity contribution in [2.24, 2.45) is 0 Å². The van der Waals surface area contributed by atoms with Crippen molar-refractivity contribution < 1.29 is 4.74 Å². The van der Waals surface area contributed by atoms with Crippen LogP contribution in [0.25, 0.3) is 0 Å². The summed E-state index contributed by atoms with van der Waals surface area (Å²) in [5, 5.41) is 3.49. The third-order valence-electron chi connectivity index (χ3n) is 4.37. The highest BCUT2D eigenvalue weighted by Crippen LogP contribution is 2.18. The van der Waals surface area contributed by atoms with Crippen LogP contribution >= 0.6 is 0 Å². The Morgan fingerprint density at radius 3 is 2.00 bits per heavy atom. The van der Waals surface area contributed by atoms with Gasteiger partial charge in [-0.05, 0) is 48.9 Å². The van der Waals surface area contributed by atoms with Crippen molar-refractivity contribution >= 4 is 5.69 Å². The minimum Gasteiger partial charge on any atom is -0.494 e. The molecule has 3 rings (SSSR count). The van der Waals surface area contributed by atoms with Gasteiger partial charge in [-0.25, -0.2) is 0 Å².